The number of hydrogen-bond donors (Lipinski definition) is 4. The summed E-state index contributed by atoms with van der Waals surface area (Å²) in [5.41, 5.74) is 0.795. The quantitative estimate of drug-likeness (QED) is 0.497. The minimum Gasteiger partial charge on any atom is -0.504 e. The molecule has 0 radical (unpaired) electrons. The third-order valence-electron chi connectivity index (χ3n) is 5.63. The predicted molar refractivity (Wildman–Crippen MR) is 118 cm³/mol. The number of aliphatic hydroxyl groups excluding tert-OH is 2. The molecule has 1 heterocycles. The van der Waals surface area contributed by atoms with E-state index in [1.54, 1.807) is 32.0 Å². The van der Waals surface area contributed by atoms with Gasteiger partial charge in [0.25, 0.3) is 0 Å². The number of carbonyl (C=O) groups excluding carboxylic acids is 1. The van der Waals surface area contributed by atoms with Gasteiger partial charge in [0.05, 0.1) is 5.60 Å². The fourth-order valence-corrected chi connectivity index (χ4v) is 4.04. The third kappa shape index (κ3) is 5.62. The largest absolute Gasteiger partial charge is 0.504 e. The number of rotatable bonds is 7. The molecule has 0 saturated carbocycles. The highest BCUT2D eigenvalue weighted by Crippen LogP contribution is 2.39. The van der Waals surface area contributed by atoms with Gasteiger partial charge in [-0.1, -0.05) is 12.1 Å². The Hall–Kier alpha value is -2.72. The number of carbonyl (C=O) groups is 1. The smallest absolute Gasteiger partial charge is 0.229 e. The maximum atomic E-state index is 13.8. The summed E-state index contributed by atoms with van der Waals surface area (Å²) in [5, 5.41) is 34.3. The molecule has 0 unspecified atom stereocenters. The predicted octanol–water partition coefficient (Wildman–Crippen LogP) is 2.13. The van der Waals surface area contributed by atoms with Crippen LogP contribution in [-0.2, 0) is 20.7 Å². The van der Waals surface area contributed by atoms with Crippen LogP contribution in [0, 0.1) is 5.82 Å². The van der Waals surface area contributed by atoms with Crippen molar-refractivity contribution in [3.63, 3.8) is 0 Å². The lowest BCUT2D eigenvalue weighted by atomic mass is 9.89. The number of phenolic OH excluding ortho intramolecular Hbond substituents is 1. The van der Waals surface area contributed by atoms with E-state index in [2.05, 4.69) is 5.32 Å². The summed E-state index contributed by atoms with van der Waals surface area (Å²) in [5.74, 6) is -0.867. The Morgan fingerprint density at radius 2 is 1.94 bits per heavy atom. The molecular weight excluding hydrogens is 433 g/mol. The van der Waals surface area contributed by atoms with E-state index in [9.17, 15) is 24.5 Å². The Bertz CT molecular complexity index is 997. The second-order valence-electron chi connectivity index (χ2n) is 8.57. The van der Waals surface area contributed by atoms with Crippen LogP contribution in [0.2, 0.25) is 0 Å². The zero-order valence-corrected chi connectivity index (χ0v) is 19.0. The second kappa shape index (κ2) is 10.0. The zero-order valence-electron chi connectivity index (χ0n) is 19.0. The molecule has 2 aromatic rings. The molecule has 1 aliphatic heterocycles. The first-order chi connectivity index (χ1) is 15.5. The molecule has 0 aliphatic carbocycles. The van der Waals surface area contributed by atoms with Crippen LogP contribution in [-0.4, -0.2) is 65.1 Å². The zero-order chi connectivity index (χ0) is 24.3. The SMILES string of the molecule is CO[C@@H]1[C@@H](O)[C@@H](O)[C@H](Oc2cc(CCNC(C)=O)c(-c3cccc(F)c3)cc2O)OC1(C)C. The van der Waals surface area contributed by atoms with E-state index >= 15 is 0 Å². The van der Waals surface area contributed by atoms with Gasteiger partial charge in [-0.2, -0.15) is 0 Å². The van der Waals surface area contributed by atoms with Gasteiger partial charge in [-0.3, -0.25) is 4.79 Å². The van der Waals surface area contributed by atoms with Crippen molar-refractivity contribution in [2.75, 3.05) is 13.7 Å². The second-order valence-corrected chi connectivity index (χ2v) is 8.57. The highest BCUT2D eigenvalue weighted by Gasteiger charge is 2.50. The molecule has 33 heavy (non-hydrogen) atoms. The summed E-state index contributed by atoms with van der Waals surface area (Å²) < 4.78 is 30.7. The molecule has 4 N–H and O–H groups in total. The Labute approximate surface area is 191 Å². The number of phenols is 1. The minimum atomic E-state index is -1.44. The molecule has 0 spiro atoms. The molecule has 3 rings (SSSR count). The molecule has 1 fully saturated rings. The average molecular weight is 464 g/mol. The lowest BCUT2D eigenvalue weighted by Crippen LogP contribution is -2.63. The maximum absolute atomic E-state index is 13.8. The van der Waals surface area contributed by atoms with E-state index < -0.39 is 36.0 Å². The van der Waals surface area contributed by atoms with E-state index in [1.165, 1.54) is 32.2 Å². The number of aromatic hydroxyl groups is 1. The highest BCUT2D eigenvalue weighted by molar-refractivity contribution is 5.73. The third-order valence-corrected chi connectivity index (χ3v) is 5.63. The number of aliphatic hydroxyl groups is 2. The van der Waals surface area contributed by atoms with Crippen LogP contribution in [0.1, 0.15) is 26.3 Å². The highest BCUT2D eigenvalue weighted by atomic mass is 19.1. The minimum absolute atomic E-state index is 0.0101. The molecule has 4 atom stereocenters. The first-order valence-electron chi connectivity index (χ1n) is 10.6. The molecule has 180 valence electrons. The van der Waals surface area contributed by atoms with E-state index in [0.717, 1.165) is 0 Å². The van der Waals surface area contributed by atoms with Gasteiger partial charge < -0.3 is 34.8 Å². The van der Waals surface area contributed by atoms with Crippen molar-refractivity contribution in [1.82, 2.24) is 5.32 Å². The summed E-state index contributed by atoms with van der Waals surface area (Å²) in [6, 6.07) is 8.91. The van der Waals surface area contributed by atoms with E-state index in [0.29, 0.717) is 29.7 Å². The van der Waals surface area contributed by atoms with Crippen LogP contribution in [0.5, 0.6) is 11.5 Å². The number of nitrogens with one attached hydrogen (secondary N) is 1. The number of amides is 1. The lowest BCUT2D eigenvalue weighted by molar-refractivity contribution is -0.306. The van der Waals surface area contributed by atoms with Gasteiger partial charge in [0.1, 0.15) is 24.1 Å². The summed E-state index contributed by atoms with van der Waals surface area (Å²) in [6.45, 7) is 5.10. The van der Waals surface area contributed by atoms with Crippen molar-refractivity contribution in [1.29, 1.82) is 0 Å². The van der Waals surface area contributed by atoms with Crippen LogP contribution in [0.4, 0.5) is 4.39 Å². The van der Waals surface area contributed by atoms with E-state index in [-0.39, 0.29) is 17.4 Å². The molecular formula is C24H30FNO7. The fraction of sp³-hybridized carbons (Fsp3) is 0.458. The van der Waals surface area contributed by atoms with Gasteiger partial charge >= 0.3 is 0 Å². The monoisotopic (exact) mass is 463 g/mol. The van der Waals surface area contributed by atoms with Crippen LogP contribution >= 0.6 is 0 Å². The van der Waals surface area contributed by atoms with E-state index in [1.807, 2.05) is 0 Å². The van der Waals surface area contributed by atoms with Crippen LogP contribution in [0.3, 0.4) is 0 Å². The van der Waals surface area contributed by atoms with Gasteiger partial charge in [0, 0.05) is 20.6 Å². The van der Waals surface area contributed by atoms with Crippen molar-refractivity contribution < 1.29 is 38.7 Å². The molecule has 8 nitrogen and oxygen atoms in total. The molecule has 9 heteroatoms. The van der Waals surface area contributed by atoms with Gasteiger partial charge in [-0.25, -0.2) is 4.39 Å². The number of ether oxygens (including phenoxy) is 3. The Morgan fingerprint density at radius 1 is 1.21 bits per heavy atom. The number of halogens is 1. The molecule has 0 aromatic heterocycles. The fourth-order valence-electron chi connectivity index (χ4n) is 4.04. The first-order valence-corrected chi connectivity index (χ1v) is 10.6. The molecule has 0 bridgehead atoms. The Balaban J connectivity index is 1.94. The number of benzene rings is 2. The van der Waals surface area contributed by atoms with Gasteiger partial charge in [-0.05, 0) is 61.2 Å². The molecule has 1 amide bonds. The Morgan fingerprint density at radius 3 is 2.58 bits per heavy atom. The molecule has 2 aromatic carbocycles. The molecule has 1 aliphatic rings. The summed E-state index contributed by atoms with van der Waals surface area (Å²) >= 11 is 0. The van der Waals surface area contributed by atoms with Crippen molar-refractivity contribution in [2.45, 2.75) is 57.4 Å². The topological polar surface area (TPSA) is 117 Å². The summed E-state index contributed by atoms with van der Waals surface area (Å²) in [6.07, 6.45) is -4.42. The summed E-state index contributed by atoms with van der Waals surface area (Å²) in [7, 11) is 1.41. The first kappa shape index (κ1) is 24.9. The van der Waals surface area contributed by atoms with Gasteiger partial charge in [0.2, 0.25) is 12.2 Å². The van der Waals surface area contributed by atoms with E-state index in [4.69, 9.17) is 14.2 Å². The van der Waals surface area contributed by atoms with Crippen LogP contribution in [0.25, 0.3) is 11.1 Å². The number of methoxy groups -OCH3 is 1. The maximum Gasteiger partial charge on any atom is 0.229 e. The van der Waals surface area contributed by atoms with Gasteiger partial charge in [0.15, 0.2) is 11.5 Å². The van der Waals surface area contributed by atoms with Crippen molar-refractivity contribution >= 4 is 5.91 Å². The van der Waals surface area contributed by atoms with Crippen molar-refractivity contribution in [3.8, 4) is 22.6 Å². The molecule has 1 saturated heterocycles. The number of hydrogen-bond acceptors (Lipinski definition) is 7. The van der Waals surface area contributed by atoms with Crippen molar-refractivity contribution in [3.05, 3.63) is 47.8 Å². The standard InChI is InChI=1S/C24H30FNO7/c1-13(27)26-9-8-15-11-19(18(28)12-17(15)14-6-5-7-16(25)10-14)32-23-21(30)20(29)22(31-4)24(2,3)33-23/h5-7,10-12,20-23,28-30H,8-9H2,1-4H3,(H,26,27)/t20-,21+,22+,23+/m0/s1. The lowest BCUT2D eigenvalue weighted by Gasteiger charge is -2.46. The normalized spacial score (nSPS) is 24.3. The van der Waals surface area contributed by atoms with Crippen molar-refractivity contribution in [2.24, 2.45) is 0 Å². The van der Waals surface area contributed by atoms with Crippen LogP contribution in [0.15, 0.2) is 36.4 Å². The summed E-state index contributed by atoms with van der Waals surface area (Å²) in [4.78, 5) is 11.3. The Kier molecular flexibility index (Phi) is 7.58. The van der Waals surface area contributed by atoms with Crippen LogP contribution < -0.4 is 10.1 Å². The average Bonchev–Trinajstić information content (AvgIpc) is 2.73. The van der Waals surface area contributed by atoms with Gasteiger partial charge in [-0.15, -0.1) is 0 Å².